The Balaban J connectivity index is 1.36. The van der Waals surface area contributed by atoms with Gasteiger partial charge in [-0.3, -0.25) is 14.8 Å². The van der Waals surface area contributed by atoms with Crippen molar-refractivity contribution < 1.29 is 19.1 Å². The third-order valence-corrected chi connectivity index (χ3v) is 3.98. The topological polar surface area (TPSA) is 90.4 Å². The van der Waals surface area contributed by atoms with Crippen LogP contribution in [0.4, 0.5) is 0 Å². The van der Waals surface area contributed by atoms with E-state index in [4.69, 9.17) is 9.47 Å². The lowest BCUT2D eigenvalue weighted by Crippen LogP contribution is -2.27. The van der Waals surface area contributed by atoms with Gasteiger partial charge in [-0.15, -0.1) is 0 Å². The van der Waals surface area contributed by atoms with Gasteiger partial charge in [-0.05, 0) is 48.0 Å². The highest BCUT2D eigenvalue weighted by molar-refractivity contribution is 5.94. The molecule has 0 spiro atoms. The highest BCUT2D eigenvalue weighted by Crippen LogP contribution is 2.14. The SMILES string of the molecule is O=C(C=Cc1ccc(OCc2ccccn2)cc1)OCCNC(=O)c1ccncc1. The van der Waals surface area contributed by atoms with Gasteiger partial charge >= 0.3 is 5.97 Å². The minimum Gasteiger partial charge on any atom is -0.487 e. The largest absolute Gasteiger partial charge is 0.487 e. The predicted molar refractivity (Wildman–Crippen MR) is 112 cm³/mol. The quantitative estimate of drug-likeness (QED) is 0.336. The fourth-order valence-electron chi connectivity index (χ4n) is 2.45. The first kappa shape index (κ1) is 20.7. The van der Waals surface area contributed by atoms with Crippen LogP contribution in [-0.4, -0.2) is 35.0 Å². The summed E-state index contributed by atoms with van der Waals surface area (Å²) in [7, 11) is 0. The van der Waals surface area contributed by atoms with Crippen LogP contribution in [-0.2, 0) is 16.1 Å². The van der Waals surface area contributed by atoms with E-state index in [9.17, 15) is 9.59 Å². The second kappa shape index (κ2) is 11.1. The molecule has 1 amide bonds. The van der Waals surface area contributed by atoms with Crippen molar-refractivity contribution in [3.8, 4) is 5.75 Å². The Morgan fingerprint density at radius 3 is 2.50 bits per heavy atom. The van der Waals surface area contributed by atoms with Crippen LogP contribution >= 0.6 is 0 Å². The molecule has 0 aliphatic rings. The number of nitrogens with one attached hydrogen (secondary N) is 1. The Hall–Kier alpha value is -4.00. The summed E-state index contributed by atoms with van der Waals surface area (Å²) in [5, 5.41) is 2.67. The van der Waals surface area contributed by atoms with Crippen molar-refractivity contribution in [1.82, 2.24) is 15.3 Å². The lowest BCUT2D eigenvalue weighted by atomic mass is 10.2. The number of ether oxygens (including phenoxy) is 2. The third kappa shape index (κ3) is 6.87. The summed E-state index contributed by atoms with van der Waals surface area (Å²) < 4.78 is 10.8. The number of nitrogens with zero attached hydrogens (tertiary/aromatic N) is 2. The van der Waals surface area contributed by atoms with E-state index in [-0.39, 0.29) is 19.1 Å². The molecule has 0 atom stereocenters. The highest BCUT2D eigenvalue weighted by atomic mass is 16.5. The smallest absolute Gasteiger partial charge is 0.330 e. The molecule has 0 saturated heterocycles. The molecule has 1 aromatic carbocycles. The molecule has 2 aromatic heterocycles. The molecule has 0 radical (unpaired) electrons. The fourth-order valence-corrected chi connectivity index (χ4v) is 2.45. The molecule has 3 aromatic rings. The van der Waals surface area contributed by atoms with Gasteiger partial charge < -0.3 is 14.8 Å². The molecule has 0 bridgehead atoms. The Morgan fingerprint density at radius 2 is 1.77 bits per heavy atom. The molecule has 0 aliphatic carbocycles. The van der Waals surface area contributed by atoms with Crippen LogP contribution in [0.25, 0.3) is 6.08 Å². The molecule has 152 valence electrons. The number of pyridine rings is 2. The number of rotatable bonds is 9. The minimum absolute atomic E-state index is 0.0836. The van der Waals surface area contributed by atoms with Gasteiger partial charge in [0.25, 0.3) is 5.91 Å². The Kier molecular flexibility index (Phi) is 7.68. The first-order valence-corrected chi connectivity index (χ1v) is 9.36. The summed E-state index contributed by atoms with van der Waals surface area (Å²) in [5.41, 5.74) is 2.19. The minimum atomic E-state index is -0.483. The molecule has 0 fully saturated rings. The van der Waals surface area contributed by atoms with Crippen LogP contribution in [0.2, 0.25) is 0 Å². The van der Waals surface area contributed by atoms with E-state index in [2.05, 4.69) is 15.3 Å². The zero-order valence-electron chi connectivity index (χ0n) is 16.2. The summed E-state index contributed by atoms with van der Waals surface area (Å²) in [4.78, 5) is 31.7. The van der Waals surface area contributed by atoms with Gasteiger partial charge in [0, 0.05) is 30.2 Å². The van der Waals surface area contributed by atoms with Gasteiger partial charge in [0.15, 0.2) is 0 Å². The monoisotopic (exact) mass is 403 g/mol. The van der Waals surface area contributed by atoms with Crippen LogP contribution in [0.1, 0.15) is 21.6 Å². The normalized spacial score (nSPS) is 10.5. The summed E-state index contributed by atoms with van der Waals surface area (Å²) >= 11 is 0. The van der Waals surface area contributed by atoms with E-state index in [0.717, 1.165) is 11.3 Å². The molecule has 0 aliphatic heterocycles. The number of carbonyl (C=O) groups excluding carboxylic acids is 2. The number of amides is 1. The van der Waals surface area contributed by atoms with Crippen molar-refractivity contribution in [2.45, 2.75) is 6.61 Å². The molecule has 0 saturated carbocycles. The number of aromatic nitrogens is 2. The van der Waals surface area contributed by atoms with Crippen molar-refractivity contribution in [2.75, 3.05) is 13.2 Å². The molecule has 1 N–H and O–H groups in total. The summed E-state index contributed by atoms with van der Waals surface area (Å²) in [6.45, 7) is 0.698. The maximum atomic E-state index is 11.8. The molecule has 2 heterocycles. The van der Waals surface area contributed by atoms with Crippen molar-refractivity contribution in [3.05, 3.63) is 96.1 Å². The molecule has 3 rings (SSSR count). The van der Waals surface area contributed by atoms with Crippen LogP contribution in [0.15, 0.2) is 79.3 Å². The van der Waals surface area contributed by atoms with Crippen LogP contribution in [0.3, 0.4) is 0 Å². The van der Waals surface area contributed by atoms with Crippen molar-refractivity contribution in [1.29, 1.82) is 0 Å². The molecule has 7 heteroatoms. The van der Waals surface area contributed by atoms with E-state index in [1.54, 1.807) is 36.8 Å². The second-order valence-corrected chi connectivity index (χ2v) is 6.17. The Morgan fingerprint density at radius 1 is 0.967 bits per heavy atom. The second-order valence-electron chi connectivity index (χ2n) is 6.17. The van der Waals surface area contributed by atoms with Gasteiger partial charge in [-0.25, -0.2) is 4.79 Å². The average molecular weight is 403 g/mol. The summed E-state index contributed by atoms with van der Waals surface area (Å²) in [5.74, 6) is -0.0108. The van der Waals surface area contributed by atoms with E-state index in [0.29, 0.717) is 17.9 Å². The standard InChI is InChI=1S/C23H21N3O4/c27-22(29-16-15-26-23(28)19-10-13-24-14-11-19)9-6-18-4-7-21(8-5-18)30-17-20-3-1-2-12-25-20/h1-14H,15-17H2,(H,26,28). The van der Waals surface area contributed by atoms with Crippen molar-refractivity contribution in [2.24, 2.45) is 0 Å². The highest BCUT2D eigenvalue weighted by Gasteiger charge is 2.04. The van der Waals surface area contributed by atoms with E-state index in [1.807, 2.05) is 42.5 Å². The lowest BCUT2D eigenvalue weighted by Gasteiger charge is -2.06. The maximum absolute atomic E-state index is 11.8. The van der Waals surface area contributed by atoms with E-state index < -0.39 is 5.97 Å². The van der Waals surface area contributed by atoms with Gasteiger partial charge in [-0.2, -0.15) is 0 Å². The number of carbonyl (C=O) groups is 2. The zero-order chi connectivity index (χ0) is 21.0. The molecule has 30 heavy (non-hydrogen) atoms. The van der Waals surface area contributed by atoms with Gasteiger partial charge in [0.2, 0.25) is 0 Å². The van der Waals surface area contributed by atoms with Crippen LogP contribution < -0.4 is 10.1 Å². The number of hydrogen-bond donors (Lipinski definition) is 1. The number of esters is 1. The summed E-state index contributed by atoms with van der Waals surface area (Å²) in [6.07, 6.45) is 7.80. The van der Waals surface area contributed by atoms with Gasteiger partial charge in [-0.1, -0.05) is 18.2 Å². The maximum Gasteiger partial charge on any atom is 0.330 e. The van der Waals surface area contributed by atoms with Crippen LogP contribution in [0, 0.1) is 0 Å². The first-order chi connectivity index (χ1) is 14.7. The third-order valence-electron chi connectivity index (χ3n) is 3.98. The number of hydrogen-bond acceptors (Lipinski definition) is 6. The average Bonchev–Trinajstić information content (AvgIpc) is 2.81. The van der Waals surface area contributed by atoms with E-state index >= 15 is 0 Å². The predicted octanol–water partition coefficient (Wildman–Crippen LogP) is 3.04. The molecule has 0 unspecified atom stereocenters. The van der Waals surface area contributed by atoms with Gasteiger partial charge in [0.05, 0.1) is 12.2 Å². The van der Waals surface area contributed by atoms with Gasteiger partial charge in [0.1, 0.15) is 19.0 Å². The fraction of sp³-hybridized carbons (Fsp3) is 0.130. The molecule has 7 nitrogen and oxygen atoms in total. The molecular formula is C23H21N3O4. The Bertz CT molecular complexity index is 974. The summed E-state index contributed by atoms with van der Waals surface area (Å²) in [6, 6.07) is 16.2. The van der Waals surface area contributed by atoms with Crippen molar-refractivity contribution in [3.63, 3.8) is 0 Å². The van der Waals surface area contributed by atoms with Crippen molar-refractivity contribution >= 4 is 18.0 Å². The van der Waals surface area contributed by atoms with Crippen LogP contribution in [0.5, 0.6) is 5.75 Å². The number of benzene rings is 1. The first-order valence-electron chi connectivity index (χ1n) is 9.36. The lowest BCUT2D eigenvalue weighted by molar-refractivity contribution is -0.137. The Labute approximate surface area is 174 Å². The molecular weight excluding hydrogens is 382 g/mol. The zero-order valence-corrected chi connectivity index (χ0v) is 16.2. The van der Waals surface area contributed by atoms with E-state index in [1.165, 1.54) is 6.08 Å².